The average Bonchev–Trinajstić information content (AvgIpc) is 3.46. The van der Waals surface area contributed by atoms with Crippen LogP contribution in [0.4, 0.5) is 0 Å². The molecule has 2 aliphatic carbocycles. The highest BCUT2D eigenvalue weighted by molar-refractivity contribution is 6.10. The van der Waals surface area contributed by atoms with E-state index in [-0.39, 0.29) is 0 Å². The molecule has 2 heterocycles. The molecule has 0 amide bonds. The average molecular weight is 573 g/mol. The Labute approximate surface area is 242 Å². The van der Waals surface area contributed by atoms with Crippen molar-refractivity contribution in [1.29, 1.82) is 0 Å². The zero-order chi connectivity index (χ0) is 28.8. The molecule has 0 saturated heterocycles. The van der Waals surface area contributed by atoms with E-state index in [4.69, 9.17) is 27.5 Å². The van der Waals surface area contributed by atoms with Gasteiger partial charge in [-0.25, -0.2) is 23.1 Å². The first-order valence-electron chi connectivity index (χ1n) is 13.1. The maximum absolute atomic E-state index is 8.49. The summed E-state index contributed by atoms with van der Waals surface area (Å²) in [5.74, 6) is 1.83. The first kappa shape index (κ1) is 26.1. The number of hydrogen-bond acceptors (Lipinski definition) is 5. The second kappa shape index (κ2) is 10.2. The van der Waals surface area contributed by atoms with Crippen LogP contribution in [0.1, 0.15) is 16.9 Å². The summed E-state index contributed by atoms with van der Waals surface area (Å²) in [5, 5.41) is 4.61. The van der Waals surface area contributed by atoms with E-state index in [2.05, 4.69) is 91.0 Å². The summed E-state index contributed by atoms with van der Waals surface area (Å²) in [7, 11) is -4.94. The topological polar surface area (TPSA) is 117 Å². The van der Waals surface area contributed by atoms with Gasteiger partial charge in [0.05, 0.1) is 16.5 Å². The third kappa shape index (κ3) is 4.73. The lowest BCUT2D eigenvalue weighted by Gasteiger charge is -2.17. The van der Waals surface area contributed by atoms with Crippen molar-refractivity contribution in [2.75, 3.05) is 0 Å². The predicted molar refractivity (Wildman–Crippen MR) is 153 cm³/mol. The standard InChI is InChI=1S/C35H21O2.ClHO4/c1-7-18-32-22(10-1)20-30-26-14-5-3-12-24(26)28(34(30)36-32)16-9-17-29-25-13-4-6-15-27(25)31-21-23-11-2-8-19-33(23)37-35(29)31;2-1(3,4)5/h1-21H;(H,2,3,4,5)/q+1;/p-1. The monoisotopic (exact) mass is 572 g/mol. The van der Waals surface area contributed by atoms with Crippen LogP contribution in [-0.4, -0.2) is 0 Å². The summed E-state index contributed by atoms with van der Waals surface area (Å²) in [5.41, 5.74) is 8.64. The van der Waals surface area contributed by atoms with E-state index >= 15 is 0 Å². The molecular formula is C35H21ClO6. The second-order valence-electron chi connectivity index (χ2n) is 9.88. The van der Waals surface area contributed by atoms with E-state index in [0.717, 1.165) is 55.7 Å². The Morgan fingerprint density at radius 2 is 1.24 bits per heavy atom. The van der Waals surface area contributed by atoms with Gasteiger partial charge in [-0.1, -0.05) is 91.0 Å². The number of hydrogen-bond donors (Lipinski definition) is 0. The fourth-order valence-corrected chi connectivity index (χ4v) is 5.68. The lowest BCUT2D eigenvalue weighted by molar-refractivity contribution is -2.00. The van der Waals surface area contributed by atoms with Crippen molar-refractivity contribution in [2.45, 2.75) is 0 Å². The Morgan fingerprint density at radius 1 is 0.619 bits per heavy atom. The third-order valence-corrected chi connectivity index (χ3v) is 7.38. The van der Waals surface area contributed by atoms with Crippen LogP contribution < -0.4 is 18.6 Å². The van der Waals surface area contributed by atoms with Crippen molar-refractivity contribution in [3.63, 3.8) is 0 Å². The molecule has 0 spiro atoms. The zero-order valence-electron chi connectivity index (χ0n) is 22.0. The summed E-state index contributed by atoms with van der Waals surface area (Å²) in [6.45, 7) is 0. The summed E-state index contributed by atoms with van der Waals surface area (Å²) in [6.07, 6.45) is 6.45. The van der Waals surface area contributed by atoms with Crippen molar-refractivity contribution in [3.05, 3.63) is 138 Å². The quantitative estimate of drug-likeness (QED) is 0.266. The fraction of sp³-hybridized carbons (Fsp3) is 0. The molecule has 0 radical (unpaired) electrons. The van der Waals surface area contributed by atoms with E-state index in [0.29, 0.717) is 0 Å². The molecule has 204 valence electrons. The van der Waals surface area contributed by atoms with E-state index < -0.39 is 10.2 Å². The molecule has 8 rings (SSSR count). The number of fused-ring (bicyclic) bond motifs is 8. The Balaban J connectivity index is 0.000000534. The van der Waals surface area contributed by atoms with Gasteiger partial charge >= 0.3 is 11.3 Å². The van der Waals surface area contributed by atoms with E-state index in [9.17, 15) is 0 Å². The van der Waals surface area contributed by atoms with Gasteiger partial charge in [-0.05, 0) is 52.2 Å². The van der Waals surface area contributed by atoms with Gasteiger partial charge in [0, 0.05) is 22.6 Å². The molecule has 4 aromatic carbocycles. The second-order valence-corrected chi connectivity index (χ2v) is 10.6. The van der Waals surface area contributed by atoms with E-state index in [1.165, 1.54) is 21.9 Å². The highest BCUT2D eigenvalue weighted by Crippen LogP contribution is 2.46. The maximum Gasteiger partial charge on any atom is 0.369 e. The molecule has 1 aliphatic heterocycles. The lowest BCUT2D eigenvalue weighted by Crippen LogP contribution is -2.68. The normalized spacial score (nSPS) is 13.7. The van der Waals surface area contributed by atoms with Gasteiger partial charge in [-0.3, -0.25) is 0 Å². The number of para-hydroxylation sites is 2. The highest BCUT2D eigenvalue weighted by atomic mass is 35.7. The van der Waals surface area contributed by atoms with Gasteiger partial charge < -0.3 is 4.42 Å². The maximum atomic E-state index is 8.49. The number of allylic oxidation sites excluding steroid dienone is 2. The minimum absolute atomic E-state index is 0.891. The number of benzene rings is 4. The minimum atomic E-state index is -4.94. The molecule has 0 atom stereocenters. The molecular weight excluding hydrogens is 552 g/mol. The highest BCUT2D eigenvalue weighted by Gasteiger charge is 2.34. The smallest absolute Gasteiger partial charge is 0.369 e. The van der Waals surface area contributed by atoms with E-state index in [1.807, 2.05) is 36.4 Å². The molecule has 6 nitrogen and oxygen atoms in total. The van der Waals surface area contributed by atoms with Crippen LogP contribution in [0.15, 0.2) is 130 Å². The van der Waals surface area contributed by atoms with Crippen LogP contribution in [0.25, 0.3) is 66.8 Å². The fourth-order valence-electron chi connectivity index (χ4n) is 5.68. The molecule has 0 unspecified atom stereocenters. The SMILES string of the molecule is C(=Cc1c2oc3ccccc3cc-2c2ccccc12)C=C1c2ccccc2-c2cc3ccccc3[o+]c21.[O-][Cl+3]([O-])([O-])[O-]. The van der Waals surface area contributed by atoms with Crippen LogP contribution >= 0.6 is 0 Å². The first-order chi connectivity index (χ1) is 20.3. The summed E-state index contributed by atoms with van der Waals surface area (Å²) >= 11 is 0. The third-order valence-electron chi connectivity index (χ3n) is 7.38. The van der Waals surface area contributed by atoms with Crippen LogP contribution in [0.5, 0.6) is 0 Å². The molecule has 0 N–H and O–H groups in total. The van der Waals surface area contributed by atoms with Gasteiger partial charge in [0.15, 0.2) is 0 Å². The van der Waals surface area contributed by atoms with Crippen molar-refractivity contribution in [1.82, 2.24) is 0 Å². The summed E-state index contributed by atoms with van der Waals surface area (Å²) in [4.78, 5) is 0. The Kier molecular flexibility index (Phi) is 6.35. The predicted octanol–water partition coefficient (Wildman–Crippen LogP) is 5.09. The Bertz CT molecular complexity index is 2150. The van der Waals surface area contributed by atoms with Crippen LogP contribution in [-0.2, 0) is 0 Å². The molecule has 42 heavy (non-hydrogen) atoms. The molecule has 0 fully saturated rings. The summed E-state index contributed by atoms with van der Waals surface area (Å²) in [6, 6.07) is 37.9. The zero-order valence-corrected chi connectivity index (χ0v) is 22.7. The summed E-state index contributed by atoms with van der Waals surface area (Å²) < 4.78 is 46.9. The molecule has 0 saturated carbocycles. The van der Waals surface area contributed by atoms with Crippen molar-refractivity contribution in [2.24, 2.45) is 0 Å². The molecule has 5 aromatic rings. The van der Waals surface area contributed by atoms with E-state index in [1.54, 1.807) is 0 Å². The Hall–Kier alpha value is -4.82. The van der Waals surface area contributed by atoms with Crippen LogP contribution in [0.3, 0.4) is 0 Å². The van der Waals surface area contributed by atoms with Crippen molar-refractivity contribution in [3.8, 4) is 22.5 Å². The number of halogens is 1. The lowest BCUT2D eigenvalue weighted by atomic mass is 10.0. The largest absolute Gasteiger partial charge is 0.455 e. The van der Waals surface area contributed by atoms with Crippen LogP contribution in [0, 0.1) is 10.2 Å². The van der Waals surface area contributed by atoms with Gasteiger partial charge in [-0.15, -0.1) is 10.2 Å². The molecule has 3 aliphatic rings. The minimum Gasteiger partial charge on any atom is -0.455 e. The molecule has 0 bridgehead atoms. The molecule has 1 aromatic heterocycles. The van der Waals surface area contributed by atoms with Gasteiger partial charge in [0.25, 0.3) is 0 Å². The number of rotatable bonds is 2. The van der Waals surface area contributed by atoms with Gasteiger partial charge in [0.2, 0.25) is 0 Å². The van der Waals surface area contributed by atoms with Crippen molar-refractivity contribution >= 4 is 44.4 Å². The first-order valence-corrected chi connectivity index (χ1v) is 14.4. The van der Waals surface area contributed by atoms with Gasteiger partial charge in [-0.2, -0.15) is 0 Å². The molecule has 7 heteroatoms. The van der Waals surface area contributed by atoms with Gasteiger partial charge in [0.1, 0.15) is 11.3 Å². The van der Waals surface area contributed by atoms with Crippen LogP contribution in [0.2, 0.25) is 0 Å². The van der Waals surface area contributed by atoms with Crippen molar-refractivity contribution < 1.29 is 37.7 Å². The Morgan fingerprint density at radius 3 is 2.05 bits per heavy atom.